The van der Waals surface area contributed by atoms with Gasteiger partial charge in [-0.15, -0.1) is 0 Å². The standard InChI is InChI=1S/C22H17ClN2O5/c1-29-17-10-13(6-7-16(17)23)20(26)18-19(14-4-2-8-24-11-14)25(22(28)21(18)27)12-15-5-3-9-30-15/h2-11,19,26H,12H2,1H3/b20-18-. The van der Waals surface area contributed by atoms with E-state index in [1.165, 1.54) is 24.3 Å². The molecule has 1 N–H and O–H groups in total. The maximum Gasteiger partial charge on any atom is 0.296 e. The van der Waals surface area contributed by atoms with Gasteiger partial charge in [0.15, 0.2) is 0 Å². The van der Waals surface area contributed by atoms with Crippen LogP contribution in [0, 0.1) is 0 Å². The quantitative estimate of drug-likeness (QED) is 0.378. The van der Waals surface area contributed by atoms with Crippen LogP contribution < -0.4 is 4.74 Å². The Morgan fingerprint density at radius 2 is 2.10 bits per heavy atom. The van der Waals surface area contributed by atoms with E-state index in [-0.39, 0.29) is 17.9 Å². The summed E-state index contributed by atoms with van der Waals surface area (Å²) in [5.74, 6) is -0.994. The van der Waals surface area contributed by atoms with E-state index in [9.17, 15) is 14.7 Å². The number of aliphatic hydroxyl groups excluding tert-OH is 1. The number of benzene rings is 1. The number of amides is 1. The molecule has 0 bridgehead atoms. The SMILES string of the molecule is COc1cc(/C(O)=C2/C(=O)C(=O)N(Cc3ccco3)C2c2cccnc2)ccc1Cl. The number of Topliss-reactive ketones (excluding diaryl/α,β-unsaturated/α-hetero) is 1. The number of methoxy groups -OCH3 is 1. The Bertz CT molecular complexity index is 1130. The molecule has 1 aromatic carbocycles. The molecule has 2 aromatic heterocycles. The molecule has 3 aromatic rings. The van der Waals surface area contributed by atoms with Crippen molar-refractivity contribution in [3.8, 4) is 5.75 Å². The summed E-state index contributed by atoms with van der Waals surface area (Å²) in [6.07, 6.45) is 4.64. The molecular weight excluding hydrogens is 408 g/mol. The molecule has 1 unspecified atom stereocenters. The predicted molar refractivity (Wildman–Crippen MR) is 109 cm³/mol. The Morgan fingerprint density at radius 3 is 2.77 bits per heavy atom. The van der Waals surface area contributed by atoms with Crippen molar-refractivity contribution in [1.82, 2.24) is 9.88 Å². The van der Waals surface area contributed by atoms with E-state index in [0.717, 1.165) is 0 Å². The number of hydrogen-bond acceptors (Lipinski definition) is 6. The van der Waals surface area contributed by atoms with E-state index in [0.29, 0.717) is 27.7 Å². The van der Waals surface area contributed by atoms with Crippen LogP contribution in [0.25, 0.3) is 5.76 Å². The summed E-state index contributed by atoms with van der Waals surface area (Å²) < 4.78 is 10.6. The molecule has 0 aliphatic carbocycles. The summed E-state index contributed by atoms with van der Waals surface area (Å²) in [5, 5.41) is 11.4. The van der Waals surface area contributed by atoms with Crippen LogP contribution in [0.5, 0.6) is 5.75 Å². The van der Waals surface area contributed by atoms with Crippen LogP contribution in [0.15, 0.2) is 71.1 Å². The molecule has 0 saturated carbocycles. The molecule has 1 amide bonds. The number of rotatable bonds is 5. The smallest absolute Gasteiger partial charge is 0.296 e. The largest absolute Gasteiger partial charge is 0.507 e. The Labute approximate surface area is 177 Å². The first-order valence-electron chi connectivity index (χ1n) is 9.06. The van der Waals surface area contributed by atoms with E-state index in [1.807, 2.05) is 0 Å². The maximum atomic E-state index is 12.9. The predicted octanol–water partition coefficient (Wildman–Crippen LogP) is 3.96. The first-order valence-corrected chi connectivity index (χ1v) is 9.43. The first-order chi connectivity index (χ1) is 14.5. The molecule has 1 aliphatic heterocycles. The number of pyridine rings is 1. The number of ether oxygens (including phenoxy) is 1. The third kappa shape index (κ3) is 3.44. The normalized spacial score (nSPS) is 18.1. The molecule has 4 rings (SSSR count). The van der Waals surface area contributed by atoms with Gasteiger partial charge >= 0.3 is 0 Å². The summed E-state index contributed by atoms with van der Waals surface area (Å²) in [7, 11) is 1.45. The van der Waals surface area contributed by atoms with Crippen LogP contribution in [0.1, 0.15) is 22.9 Å². The number of halogens is 1. The Balaban J connectivity index is 1.87. The summed E-state index contributed by atoms with van der Waals surface area (Å²) in [6, 6.07) is 10.6. The maximum absolute atomic E-state index is 12.9. The molecule has 1 atom stereocenters. The Hall–Kier alpha value is -3.58. The molecule has 7 nitrogen and oxygen atoms in total. The summed E-state index contributed by atoms with van der Waals surface area (Å²) in [5.41, 5.74) is 0.857. The summed E-state index contributed by atoms with van der Waals surface area (Å²) >= 11 is 6.07. The van der Waals surface area contributed by atoms with Crippen molar-refractivity contribution in [2.45, 2.75) is 12.6 Å². The number of nitrogens with zero attached hydrogens (tertiary/aromatic N) is 2. The third-order valence-electron chi connectivity index (χ3n) is 4.87. The van der Waals surface area contributed by atoms with Crippen molar-refractivity contribution >= 4 is 29.1 Å². The van der Waals surface area contributed by atoms with E-state index in [4.69, 9.17) is 20.8 Å². The van der Waals surface area contributed by atoms with Gasteiger partial charge in [-0.05, 0) is 42.0 Å². The van der Waals surface area contributed by atoms with E-state index >= 15 is 0 Å². The van der Waals surface area contributed by atoms with Crippen molar-refractivity contribution < 1.29 is 23.8 Å². The van der Waals surface area contributed by atoms with Gasteiger partial charge in [0.2, 0.25) is 0 Å². The van der Waals surface area contributed by atoms with Gasteiger partial charge in [-0.2, -0.15) is 0 Å². The Kier molecular flexibility index (Phi) is 5.29. The lowest BCUT2D eigenvalue weighted by molar-refractivity contribution is -0.140. The summed E-state index contributed by atoms with van der Waals surface area (Å²) in [6.45, 7) is 0.0673. The highest BCUT2D eigenvalue weighted by molar-refractivity contribution is 6.46. The zero-order chi connectivity index (χ0) is 21.3. The minimum absolute atomic E-state index is 0.0380. The lowest BCUT2D eigenvalue weighted by Gasteiger charge is -2.24. The average molecular weight is 425 g/mol. The third-order valence-corrected chi connectivity index (χ3v) is 5.18. The minimum atomic E-state index is -0.828. The first kappa shape index (κ1) is 19.7. The van der Waals surface area contributed by atoms with Gasteiger partial charge in [0.25, 0.3) is 11.7 Å². The monoisotopic (exact) mass is 424 g/mol. The molecule has 30 heavy (non-hydrogen) atoms. The zero-order valence-corrected chi connectivity index (χ0v) is 16.7. The molecule has 1 fully saturated rings. The number of hydrogen-bond donors (Lipinski definition) is 1. The number of likely N-dealkylation sites (tertiary alicyclic amines) is 1. The molecule has 8 heteroatoms. The van der Waals surface area contributed by atoms with Crippen LogP contribution in [-0.4, -0.2) is 33.8 Å². The topological polar surface area (TPSA) is 92.9 Å². The van der Waals surface area contributed by atoms with Crippen LogP contribution in [0.4, 0.5) is 0 Å². The van der Waals surface area contributed by atoms with Gasteiger partial charge in [0.1, 0.15) is 17.3 Å². The number of aromatic nitrogens is 1. The Morgan fingerprint density at radius 1 is 1.27 bits per heavy atom. The van der Waals surface area contributed by atoms with Crippen LogP contribution in [-0.2, 0) is 16.1 Å². The molecular formula is C22H17ClN2O5. The molecule has 1 saturated heterocycles. The van der Waals surface area contributed by atoms with E-state index in [1.54, 1.807) is 48.8 Å². The van der Waals surface area contributed by atoms with Crippen molar-refractivity contribution in [2.24, 2.45) is 0 Å². The van der Waals surface area contributed by atoms with E-state index < -0.39 is 17.7 Å². The molecule has 1 aliphatic rings. The fraction of sp³-hybridized carbons (Fsp3) is 0.136. The lowest BCUT2D eigenvalue weighted by Crippen LogP contribution is -2.29. The zero-order valence-electron chi connectivity index (χ0n) is 15.9. The lowest BCUT2D eigenvalue weighted by atomic mass is 9.96. The molecule has 152 valence electrons. The number of aliphatic hydroxyl groups is 1. The van der Waals surface area contributed by atoms with Crippen LogP contribution in [0.3, 0.4) is 0 Å². The highest BCUT2D eigenvalue weighted by atomic mass is 35.5. The number of furan rings is 1. The summed E-state index contributed by atoms with van der Waals surface area (Å²) in [4.78, 5) is 31.3. The second kappa shape index (κ2) is 8.04. The van der Waals surface area contributed by atoms with Gasteiger partial charge < -0.3 is 19.2 Å². The second-order valence-corrected chi connectivity index (χ2v) is 7.05. The van der Waals surface area contributed by atoms with E-state index in [2.05, 4.69) is 4.98 Å². The van der Waals surface area contributed by atoms with Crippen LogP contribution >= 0.6 is 11.6 Å². The molecule has 3 heterocycles. The second-order valence-electron chi connectivity index (χ2n) is 6.64. The van der Waals surface area contributed by atoms with Gasteiger partial charge in [-0.3, -0.25) is 14.6 Å². The molecule has 0 radical (unpaired) electrons. The number of carbonyl (C=O) groups is 2. The number of ketones is 1. The van der Waals surface area contributed by atoms with Gasteiger partial charge in [-0.1, -0.05) is 17.7 Å². The molecule has 0 spiro atoms. The fourth-order valence-corrected chi connectivity index (χ4v) is 3.66. The van der Waals surface area contributed by atoms with Crippen LogP contribution in [0.2, 0.25) is 5.02 Å². The van der Waals surface area contributed by atoms with Gasteiger partial charge in [0.05, 0.1) is 36.6 Å². The van der Waals surface area contributed by atoms with Crippen molar-refractivity contribution in [1.29, 1.82) is 0 Å². The van der Waals surface area contributed by atoms with Crippen molar-refractivity contribution in [3.05, 3.63) is 88.6 Å². The van der Waals surface area contributed by atoms with Crippen molar-refractivity contribution in [2.75, 3.05) is 7.11 Å². The minimum Gasteiger partial charge on any atom is -0.507 e. The highest BCUT2D eigenvalue weighted by Gasteiger charge is 2.46. The highest BCUT2D eigenvalue weighted by Crippen LogP contribution is 2.40. The van der Waals surface area contributed by atoms with Gasteiger partial charge in [0, 0.05) is 18.0 Å². The van der Waals surface area contributed by atoms with Crippen molar-refractivity contribution in [3.63, 3.8) is 0 Å². The fourth-order valence-electron chi connectivity index (χ4n) is 3.46. The van der Waals surface area contributed by atoms with Gasteiger partial charge in [-0.25, -0.2) is 0 Å². The number of carbonyl (C=O) groups excluding carboxylic acids is 2. The average Bonchev–Trinajstić information content (AvgIpc) is 3.36.